The maximum absolute atomic E-state index is 13.6. The molecule has 2 rings (SSSR count). The fourth-order valence-electron chi connectivity index (χ4n) is 1.83. The second-order valence-corrected chi connectivity index (χ2v) is 7.16. The van der Waals surface area contributed by atoms with Gasteiger partial charge in [-0.1, -0.05) is 0 Å². The second-order valence-electron chi connectivity index (χ2n) is 4.75. The van der Waals surface area contributed by atoms with Crippen molar-refractivity contribution in [1.29, 1.82) is 5.26 Å². The molecule has 1 aliphatic rings. The van der Waals surface area contributed by atoms with Crippen molar-refractivity contribution >= 4 is 15.9 Å². The minimum Gasteiger partial charge on any atom is -0.272 e. The smallest absolute Gasteiger partial charge is 0.259 e. The zero-order chi connectivity index (χ0) is 14.4. The number of halogens is 1. The van der Waals surface area contributed by atoms with Crippen LogP contribution in [0.25, 0.3) is 0 Å². The van der Waals surface area contributed by atoms with Gasteiger partial charge in [0.15, 0.2) is 4.75 Å². The van der Waals surface area contributed by atoms with E-state index >= 15 is 0 Å². The highest BCUT2D eigenvalue weighted by atomic mass is 32.2. The molecule has 100 valence electrons. The molecule has 1 amide bonds. The van der Waals surface area contributed by atoms with Crippen LogP contribution in [0.1, 0.15) is 25.0 Å². The first-order valence-corrected chi connectivity index (χ1v) is 6.91. The first-order chi connectivity index (χ1) is 8.71. The van der Waals surface area contributed by atoms with Gasteiger partial charge in [0, 0.05) is 5.56 Å². The molecule has 7 heteroatoms. The molecule has 1 saturated heterocycles. The van der Waals surface area contributed by atoms with Crippen LogP contribution in [0.4, 0.5) is 4.39 Å². The number of carbonyl (C=O) groups is 1. The second kappa shape index (κ2) is 4.03. The maximum Gasteiger partial charge on any atom is 0.259 e. The van der Waals surface area contributed by atoms with Gasteiger partial charge < -0.3 is 0 Å². The van der Waals surface area contributed by atoms with Gasteiger partial charge >= 0.3 is 0 Å². The Kier molecular flexibility index (Phi) is 2.86. The molecule has 0 spiro atoms. The Bertz CT molecular complexity index is 704. The van der Waals surface area contributed by atoms with Crippen molar-refractivity contribution in [1.82, 2.24) is 4.31 Å². The third kappa shape index (κ3) is 1.79. The number of benzene rings is 1. The Morgan fingerprint density at radius 2 is 2.05 bits per heavy atom. The van der Waals surface area contributed by atoms with E-state index in [-0.39, 0.29) is 17.7 Å². The fraction of sp³-hybridized carbons (Fsp3) is 0.333. The Morgan fingerprint density at radius 3 is 2.58 bits per heavy atom. The van der Waals surface area contributed by atoms with Crippen molar-refractivity contribution in [2.75, 3.05) is 0 Å². The summed E-state index contributed by atoms with van der Waals surface area (Å²) in [4.78, 5) is 11.7. The van der Waals surface area contributed by atoms with Crippen LogP contribution in [-0.4, -0.2) is 23.4 Å². The van der Waals surface area contributed by atoms with E-state index in [1.807, 2.05) is 6.07 Å². The standard InChI is InChI=1S/C12H11FN2O3S/c1-12(2)11(16)15(19(12,17)18)7-9-5-8(6-14)3-4-10(9)13/h3-5H,7H2,1-2H3. The van der Waals surface area contributed by atoms with Gasteiger partial charge in [0.2, 0.25) is 0 Å². The molecule has 0 unspecified atom stereocenters. The monoisotopic (exact) mass is 282 g/mol. The normalized spacial score (nSPS) is 19.7. The average Bonchev–Trinajstić information content (AvgIpc) is 2.36. The lowest BCUT2D eigenvalue weighted by Crippen LogP contribution is -2.66. The van der Waals surface area contributed by atoms with E-state index in [2.05, 4.69) is 0 Å². The quantitative estimate of drug-likeness (QED) is 0.815. The molecule has 0 aliphatic carbocycles. The van der Waals surface area contributed by atoms with Crippen LogP contribution in [0, 0.1) is 17.1 Å². The predicted molar refractivity (Wildman–Crippen MR) is 64.7 cm³/mol. The van der Waals surface area contributed by atoms with Gasteiger partial charge in [-0.25, -0.2) is 17.1 Å². The van der Waals surface area contributed by atoms with Crippen molar-refractivity contribution in [3.8, 4) is 6.07 Å². The molecule has 1 aromatic rings. The number of hydrogen-bond acceptors (Lipinski definition) is 4. The van der Waals surface area contributed by atoms with Gasteiger partial charge in [0.05, 0.1) is 18.2 Å². The van der Waals surface area contributed by atoms with Crippen LogP contribution in [0.3, 0.4) is 0 Å². The van der Waals surface area contributed by atoms with Crippen LogP contribution in [-0.2, 0) is 21.4 Å². The third-order valence-corrected chi connectivity index (χ3v) is 5.50. The highest BCUT2D eigenvalue weighted by Gasteiger charge is 2.60. The Morgan fingerprint density at radius 1 is 1.42 bits per heavy atom. The van der Waals surface area contributed by atoms with Gasteiger partial charge in [-0.3, -0.25) is 4.79 Å². The number of carbonyl (C=O) groups excluding carboxylic acids is 1. The first-order valence-electron chi connectivity index (χ1n) is 5.47. The molecule has 0 bridgehead atoms. The number of rotatable bonds is 2. The van der Waals surface area contributed by atoms with E-state index in [4.69, 9.17) is 5.26 Å². The van der Waals surface area contributed by atoms with E-state index in [9.17, 15) is 17.6 Å². The van der Waals surface area contributed by atoms with E-state index in [1.54, 1.807) is 0 Å². The Labute approximate surface area is 110 Å². The number of hydrogen-bond donors (Lipinski definition) is 0. The Balaban J connectivity index is 2.35. The van der Waals surface area contributed by atoms with Gasteiger partial charge in [0.1, 0.15) is 5.82 Å². The molecule has 0 atom stereocenters. The maximum atomic E-state index is 13.6. The van der Waals surface area contributed by atoms with Crippen LogP contribution in [0.2, 0.25) is 0 Å². The van der Waals surface area contributed by atoms with E-state index in [0.29, 0.717) is 4.31 Å². The summed E-state index contributed by atoms with van der Waals surface area (Å²) >= 11 is 0. The fourth-order valence-corrected chi connectivity index (χ4v) is 3.34. The van der Waals surface area contributed by atoms with Gasteiger partial charge in [-0.15, -0.1) is 0 Å². The largest absolute Gasteiger partial charge is 0.272 e. The van der Waals surface area contributed by atoms with Crippen molar-refractivity contribution in [2.24, 2.45) is 0 Å². The summed E-state index contributed by atoms with van der Waals surface area (Å²) in [6, 6.07) is 5.44. The number of nitrogens with zero attached hydrogens (tertiary/aromatic N) is 2. The van der Waals surface area contributed by atoms with Crippen molar-refractivity contribution in [2.45, 2.75) is 25.1 Å². The topological polar surface area (TPSA) is 78.2 Å². The minimum absolute atomic E-state index is 0.00600. The lowest BCUT2D eigenvalue weighted by atomic mass is 10.1. The van der Waals surface area contributed by atoms with E-state index in [1.165, 1.54) is 26.0 Å². The molecular formula is C12H11FN2O3S. The molecule has 0 radical (unpaired) electrons. The third-order valence-electron chi connectivity index (χ3n) is 3.17. The van der Waals surface area contributed by atoms with Crippen LogP contribution in [0.5, 0.6) is 0 Å². The van der Waals surface area contributed by atoms with E-state index < -0.39 is 26.5 Å². The summed E-state index contributed by atoms with van der Waals surface area (Å²) in [7, 11) is -3.75. The molecule has 0 N–H and O–H groups in total. The molecule has 0 saturated carbocycles. The molecular weight excluding hydrogens is 271 g/mol. The molecule has 1 heterocycles. The van der Waals surface area contributed by atoms with Gasteiger partial charge in [-0.2, -0.15) is 5.26 Å². The minimum atomic E-state index is -3.75. The highest BCUT2D eigenvalue weighted by Crippen LogP contribution is 2.36. The van der Waals surface area contributed by atoms with Crippen LogP contribution >= 0.6 is 0 Å². The number of amides is 1. The highest BCUT2D eigenvalue weighted by molar-refractivity contribution is 7.94. The molecule has 1 fully saturated rings. The zero-order valence-corrected chi connectivity index (χ0v) is 11.2. The van der Waals surface area contributed by atoms with Crippen LogP contribution < -0.4 is 0 Å². The lowest BCUT2D eigenvalue weighted by Gasteiger charge is -2.43. The van der Waals surface area contributed by atoms with E-state index in [0.717, 1.165) is 6.07 Å². The van der Waals surface area contributed by atoms with Crippen molar-refractivity contribution in [3.63, 3.8) is 0 Å². The summed E-state index contributed by atoms with van der Waals surface area (Å²) in [5, 5.41) is 8.72. The molecule has 1 aromatic carbocycles. The van der Waals surface area contributed by atoms with Crippen molar-refractivity contribution < 1.29 is 17.6 Å². The summed E-state index contributed by atoms with van der Waals surface area (Å²) in [6.07, 6.45) is 0. The molecule has 1 aliphatic heterocycles. The predicted octanol–water partition coefficient (Wildman–Crippen LogP) is 1.15. The SMILES string of the molecule is CC1(C)C(=O)N(Cc2cc(C#N)ccc2F)S1(=O)=O. The molecule has 19 heavy (non-hydrogen) atoms. The Hall–Kier alpha value is -1.94. The average molecular weight is 282 g/mol. The zero-order valence-electron chi connectivity index (χ0n) is 10.3. The van der Waals surface area contributed by atoms with Crippen molar-refractivity contribution in [3.05, 3.63) is 35.1 Å². The van der Waals surface area contributed by atoms with Crippen LogP contribution in [0.15, 0.2) is 18.2 Å². The lowest BCUT2D eigenvalue weighted by molar-refractivity contribution is -0.132. The molecule has 5 nitrogen and oxygen atoms in total. The summed E-state index contributed by atoms with van der Waals surface area (Å²) < 4.78 is 36.5. The summed E-state index contributed by atoms with van der Waals surface area (Å²) in [6.45, 7) is 2.23. The molecule has 0 aromatic heterocycles. The van der Waals surface area contributed by atoms with Gasteiger partial charge in [-0.05, 0) is 32.0 Å². The number of nitriles is 1. The summed E-state index contributed by atoms with van der Waals surface area (Å²) in [5.41, 5.74) is 0.215. The summed E-state index contributed by atoms with van der Waals surface area (Å²) in [5.74, 6) is -1.22. The number of sulfonamides is 1. The first kappa shape index (κ1) is 13.5. The van der Waals surface area contributed by atoms with Gasteiger partial charge in [0.25, 0.3) is 15.9 Å².